The second kappa shape index (κ2) is 11.9. The lowest BCUT2D eigenvalue weighted by molar-refractivity contribution is 0.660. The first-order valence-corrected chi connectivity index (χ1v) is 12.1. The molecule has 34 heavy (non-hydrogen) atoms. The smallest absolute Gasteiger partial charge is 0.0843 e. The zero-order chi connectivity index (χ0) is 24.4. The molecule has 0 aliphatic heterocycles. The molecule has 0 N–H and O–H groups in total. The van der Waals surface area contributed by atoms with Gasteiger partial charge in [-0.05, 0) is 53.4 Å². The van der Waals surface area contributed by atoms with Crippen LogP contribution in [0.1, 0.15) is 45.7 Å². The Morgan fingerprint density at radius 2 is 0.971 bits per heavy atom. The Morgan fingerprint density at radius 1 is 0.588 bits per heavy atom. The molecule has 0 saturated carbocycles. The summed E-state index contributed by atoms with van der Waals surface area (Å²) in [6.07, 6.45) is 0. The normalized spacial score (nSPS) is 11.8. The van der Waals surface area contributed by atoms with Gasteiger partial charge in [0.25, 0.3) is 0 Å². The Balaban J connectivity index is 0.000000179. The Morgan fingerprint density at radius 3 is 1.38 bits per heavy atom. The van der Waals surface area contributed by atoms with Crippen LogP contribution in [0.25, 0.3) is 11.1 Å². The molecule has 0 fully saturated rings. The summed E-state index contributed by atoms with van der Waals surface area (Å²) in [6, 6.07) is 38.1. The molecule has 0 radical (unpaired) electrons. The lowest BCUT2D eigenvalue weighted by atomic mass is 9.82. The summed E-state index contributed by atoms with van der Waals surface area (Å²) in [5.41, 5.74) is 8.20. The third-order valence-corrected chi connectivity index (χ3v) is 6.04. The largest absolute Gasteiger partial charge is 0.330 e. The molecule has 4 aromatic carbocycles. The van der Waals surface area contributed by atoms with E-state index in [1.54, 1.807) is 0 Å². The minimum atomic E-state index is 0.160. The van der Waals surface area contributed by atoms with Crippen molar-refractivity contribution in [2.45, 2.75) is 40.0 Å². The summed E-state index contributed by atoms with van der Waals surface area (Å²) in [7, 11) is 0. The van der Waals surface area contributed by atoms with Gasteiger partial charge in [-0.2, -0.15) is 0 Å². The van der Waals surface area contributed by atoms with Crippen LogP contribution >= 0.6 is 0 Å². The molecule has 0 spiro atoms. The van der Waals surface area contributed by atoms with Crippen molar-refractivity contribution in [2.24, 2.45) is 0 Å². The van der Waals surface area contributed by atoms with Crippen molar-refractivity contribution in [3.8, 4) is 23.0 Å². The average Bonchev–Trinajstić information content (AvgIpc) is 3.14. The molecule has 5 rings (SSSR count). The van der Waals surface area contributed by atoms with Crippen LogP contribution in [-0.2, 0) is 5.41 Å². The summed E-state index contributed by atoms with van der Waals surface area (Å²) in [5.74, 6) is 6.07. The lowest BCUT2D eigenvalue weighted by Gasteiger charge is -2.22. The fourth-order valence-electron chi connectivity index (χ4n) is 4.38. The first-order chi connectivity index (χ1) is 16.6. The fourth-order valence-corrected chi connectivity index (χ4v) is 4.38. The number of anilines is 2. The number of nitrogens with zero attached hydrogens (tertiary/aromatic N) is 1. The zero-order valence-corrected chi connectivity index (χ0v) is 21.0. The summed E-state index contributed by atoms with van der Waals surface area (Å²) in [4.78, 5) is 2.20. The number of fused-ring (bicyclic) bond motifs is 3. The lowest BCUT2D eigenvalue weighted by Crippen LogP contribution is -2.16. The molecule has 0 heterocycles. The summed E-state index contributed by atoms with van der Waals surface area (Å²) in [5, 5.41) is 0. The third-order valence-electron chi connectivity index (χ3n) is 6.04. The molecule has 172 valence electrons. The van der Waals surface area contributed by atoms with Crippen molar-refractivity contribution >= 4 is 11.4 Å². The molecule has 4 aromatic rings. The standard InChI is InChI=1S/C16H15N.C15H14.C2H6/c1-2-3-14-17(15-10-6-4-7-11-15)16-12-8-5-9-13-16;1-15(2)13-9-5-3-7-11(13)12-8-4-6-10-14(12)15;1-2/h4-13H,14H2,1H3;3-10H,1-2H3;1-2H3. The van der Waals surface area contributed by atoms with E-state index in [-0.39, 0.29) is 5.41 Å². The molecule has 1 heteroatoms. The Bertz CT molecular complexity index is 1140. The molecule has 0 aromatic heterocycles. The number of hydrogen-bond donors (Lipinski definition) is 0. The first kappa shape index (κ1) is 24.9. The molecular weight excluding hydrogens is 410 g/mol. The van der Waals surface area contributed by atoms with Gasteiger partial charge in [0.1, 0.15) is 0 Å². The van der Waals surface area contributed by atoms with Crippen LogP contribution in [0.3, 0.4) is 0 Å². The van der Waals surface area contributed by atoms with Crippen LogP contribution < -0.4 is 4.90 Å². The highest BCUT2D eigenvalue weighted by Gasteiger charge is 2.34. The third kappa shape index (κ3) is 5.41. The monoisotopic (exact) mass is 445 g/mol. The Kier molecular flexibility index (Phi) is 8.72. The second-order valence-electron chi connectivity index (χ2n) is 8.40. The molecule has 0 atom stereocenters. The van der Waals surface area contributed by atoms with Crippen molar-refractivity contribution in [2.75, 3.05) is 11.4 Å². The minimum Gasteiger partial charge on any atom is -0.330 e. The molecular formula is C33H35N. The number of benzene rings is 4. The van der Waals surface area contributed by atoms with Gasteiger partial charge in [0.2, 0.25) is 0 Å². The van der Waals surface area contributed by atoms with Crippen molar-refractivity contribution in [1.29, 1.82) is 0 Å². The van der Waals surface area contributed by atoms with Crippen molar-refractivity contribution in [1.82, 2.24) is 0 Å². The van der Waals surface area contributed by atoms with Crippen LogP contribution in [-0.4, -0.2) is 6.54 Å². The maximum Gasteiger partial charge on any atom is 0.0843 e. The molecule has 0 bridgehead atoms. The van der Waals surface area contributed by atoms with Gasteiger partial charge >= 0.3 is 0 Å². The maximum atomic E-state index is 3.12. The number of para-hydroxylation sites is 2. The van der Waals surface area contributed by atoms with Crippen molar-refractivity contribution in [3.63, 3.8) is 0 Å². The van der Waals surface area contributed by atoms with Crippen molar-refractivity contribution < 1.29 is 0 Å². The average molecular weight is 446 g/mol. The van der Waals surface area contributed by atoms with E-state index in [0.717, 1.165) is 0 Å². The highest BCUT2D eigenvalue weighted by Crippen LogP contribution is 2.47. The van der Waals surface area contributed by atoms with Gasteiger partial charge in [0.05, 0.1) is 6.54 Å². The van der Waals surface area contributed by atoms with Gasteiger partial charge in [-0.25, -0.2) is 0 Å². The van der Waals surface area contributed by atoms with E-state index in [1.807, 2.05) is 57.2 Å². The van der Waals surface area contributed by atoms with Gasteiger partial charge in [0.15, 0.2) is 0 Å². The van der Waals surface area contributed by atoms with Gasteiger partial charge in [0, 0.05) is 16.8 Å². The molecule has 1 aliphatic carbocycles. The first-order valence-electron chi connectivity index (χ1n) is 12.1. The molecule has 1 nitrogen and oxygen atoms in total. The summed E-state index contributed by atoms with van der Waals surface area (Å²) < 4.78 is 0. The van der Waals surface area contributed by atoms with E-state index >= 15 is 0 Å². The molecule has 0 unspecified atom stereocenters. The van der Waals surface area contributed by atoms with Crippen molar-refractivity contribution in [3.05, 3.63) is 120 Å². The van der Waals surface area contributed by atoms with Crippen LogP contribution in [0.15, 0.2) is 109 Å². The van der Waals surface area contributed by atoms with Crippen LogP contribution in [0.4, 0.5) is 11.4 Å². The summed E-state index contributed by atoms with van der Waals surface area (Å²) in [6.45, 7) is 11.2. The van der Waals surface area contributed by atoms with E-state index in [9.17, 15) is 0 Å². The Hall–Kier alpha value is -3.76. The molecule has 1 aliphatic rings. The minimum absolute atomic E-state index is 0.160. The topological polar surface area (TPSA) is 3.24 Å². The Labute approximate surface area is 206 Å². The predicted molar refractivity (Wildman–Crippen MR) is 149 cm³/mol. The predicted octanol–water partition coefficient (Wildman–Crippen LogP) is 8.87. The maximum absolute atomic E-state index is 3.12. The van der Waals surface area contributed by atoms with Gasteiger partial charge in [-0.15, -0.1) is 5.92 Å². The number of rotatable bonds is 3. The van der Waals surface area contributed by atoms with Crippen LogP contribution in [0.5, 0.6) is 0 Å². The SMILES string of the molecule is CC.CC#CCN(c1ccccc1)c1ccccc1.CC1(C)c2ccccc2-c2ccccc21. The van der Waals surface area contributed by atoms with E-state index < -0.39 is 0 Å². The van der Waals surface area contributed by atoms with Gasteiger partial charge in [-0.1, -0.05) is 119 Å². The van der Waals surface area contributed by atoms with E-state index in [0.29, 0.717) is 6.54 Å². The van der Waals surface area contributed by atoms with E-state index in [2.05, 4.69) is 103 Å². The second-order valence-corrected chi connectivity index (χ2v) is 8.40. The number of hydrogen-bond acceptors (Lipinski definition) is 1. The fraction of sp³-hybridized carbons (Fsp3) is 0.212. The van der Waals surface area contributed by atoms with E-state index in [4.69, 9.17) is 0 Å². The molecule has 0 saturated heterocycles. The van der Waals surface area contributed by atoms with E-state index in [1.165, 1.54) is 33.6 Å². The quantitative estimate of drug-likeness (QED) is 0.285. The van der Waals surface area contributed by atoms with Crippen LogP contribution in [0.2, 0.25) is 0 Å². The molecule has 0 amide bonds. The van der Waals surface area contributed by atoms with Gasteiger partial charge in [-0.3, -0.25) is 0 Å². The summed E-state index contributed by atoms with van der Waals surface area (Å²) >= 11 is 0. The van der Waals surface area contributed by atoms with Crippen LogP contribution in [0, 0.1) is 11.8 Å². The highest BCUT2D eigenvalue weighted by atomic mass is 15.1. The van der Waals surface area contributed by atoms with Gasteiger partial charge < -0.3 is 4.90 Å². The highest BCUT2D eigenvalue weighted by molar-refractivity contribution is 5.80. The zero-order valence-electron chi connectivity index (χ0n) is 21.0.